The summed E-state index contributed by atoms with van der Waals surface area (Å²) in [5.41, 5.74) is 0.224. The largest absolute Gasteiger partial charge is 0.465 e. The third-order valence-electron chi connectivity index (χ3n) is 7.19. The minimum atomic E-state index is -2.11. The Hall–Kier alpha value is -0.723. The SMILES string of the molecule is C[C@H]1CC(=O)C(Cl)(C2=NCCC2)[C@H](CCOC(=O)C(C)(C)C)[C@H]1O[Si](C)(C)C(C)(C)C. The van der Waals surface area contributed by atoms with E-state index in [1.54, 1.807) is 0 Å². The van der Waals surface area contributed by atoms with Gasteiger partial charge in [0, 0.05) is 24.6 Å². The molecule has 0 amide bonds. The van der Waals surface area contributed by atoms with Crippen molar-refractivity contribution in [3.05, 3.63) is 0 Å². The number of esters is 1. The van der Waals surface area contributed by atoms with E-state index in [9.17, 15) is 9.59 Å². The maximum Gasteiger partial charge on any atom is 0.311 e. The van der Waals surface area contributed by atoms with Gasteiger partial charge in [0.25, 0.3) is 0 Å². The first-order valence-electron chi connectivity index (χ1n) is 11.6. The van der Waals surface area contributed by atoms with Gasteiger partial charge in [-0.2, -0.15) is 0 Å². The smallest absolute Gasteiger partial charge is 0.311 e. The number of nitrogens with zero attached hydrogens (tertiary/aromatic N) is 1. The lowest BCUT2D eigenvalue weighted by atomic mass is 9.67. The second-order valence-corrected chi connectivity index (χ2v) is 17.2. The average Bonchev–Trinajstić information content (AvgIpc) is 3.15. The highest BCUT2D eigenvalue weighted by Gasteiger charge is 2.57. The summed E-state index contributed by atoms with van der Waals surface area (Å²) in [6, 6.07) is 0. The van der Waals surface area contributed by atoms with Crippen LogP contribution in [-0.2, 0) is 18.8 Å². The Labute approximate surface area is 194 Å². The van der Waals surface area contributed by atoms with Crippen LogP contribution in [0.5, 0.6) is 0 Å². The van der Waals surface area contributed by atoms with Gasteiger partial charge in [-0.25, -0.2) is 0 Å². The van der Waals surface area contributed by atoms with Crippen LogP contribution in [0, 0.1) is 17.3 Å². The molecule has 1 heterocycles. The highest BCUT2D eigenvalue weighted by atomic mass is 35.5. The summed E-state index contributed by atoms with van der Waals surface area (Å²) in [5, 5.41) is 0.0390. The van der Waals surface area contributed by atoms with Gasteiger partial charge in [0.05, 0.1) is 18.1 Å². The lowest BCUT2D eigenvalue weighted by Gasteiger charge is -2.50. The Kier molecular flexibility index (Phi) is 7.93. The van der Waals surface area contributed by atoms with E-state index in [2.05, 4.69) is 45.8 Å². The van der Waals surface area contributed by atoms with Gasteiger partial charge in [-0.1, -0.05) is 27.7 Å². The lowest BCUT2D eigenvalue weighted by Crippen LogP contribution is -2.61. The third-order valence-corrected chi connectivity index (χ3v) is 12.4. The molecule has 178 valence electrons. The number of rotatable bonds is 6. The van der Waals surface area contributed by atoms with Crippen LogP contribution in [0.3, 0.4) is 0 Å². The maximum atomic E-state index is 13.3. The Morgan fingerprint density at radius 1 is 1.23 bits per heavy atom. The Morgan fingerprint density at radius 3 is 2.32 bits per heavy atom. The van der Waals surface area contributed by atoms with Gasteiger partial charge in [0.15, 0.2) is 14.1 Å². The van der Waals surface area contributed by atoms with Gasteiger partial charge < -0.3 is 9.16 Å². The Balaban J connectivity index is 2.38. The molecule has 0 aromatic rings. The van der Waals surface area contributed by atoms with E-state index in [-0.39, 0.29) is 41.3 Å². The number of ether oxygens (including phenoxy) is 1. The number of Topliss-reactive ketones (excluding diaryl/α,β-unsaturated/α-hetero) is 1. The molecule has 0 radical (unpaired) electrons. The Morgan fingerprint density at radius 2 is 1.84 bits per heavy atom. The van der Waals surface area contributed by atoms with Gasteiger partial charge in [-0.05, 0) is 64.1 Å². The number of ketones is 1. The molecule has 0 N–H and O–H groups in total. The number of aliphatic imine (C=N–C) groups is 1. The van der Waals surface area contributed by atoms with Crippen molar-refractivity contribution in [3.63, 3.8) is 0 Å². The standard InChI is InChI=1S/C24H42ClNO4Si/c1-16-15-19(27)24(25,18-11-10-13-26-18)17(12-14-29-21(28)22(2,3)4)20(16)30-31(8,9)23(5,6)7/h16-17,20H,10-15H2,1-9H3/t16-,17+,20-,24?/m0/s1. The number of alkyl halides is 1. The summed E-state index contributed by atoms with van der Waals surface area (Å²) >= 11 is 7.22. The zero-order valence-electron chi connectivity index (χ0n) is 20.9. The molecular weight excluding hydrogens is 430 g/mol. The number of hydrogen-bond acceptors (Lipinski definition) is 5. The highest BCUT2D eigenvalue weighted by molar-refractivity contribution is 6.74. The van der Waals surface area contributed by atoms with Crippen molar-refractivity contribution >= 4 is 37.4 Å². The van der Waals surface area contributed by atoms with Crippen molar-refractivity contribution in [2.45, 2.75) is 103 Å². The average molecular weight is 472 g/mol. The molecule has 1 aliphatic heterocycles. The molecule has 7 heteroatoms. The van der Waals surface area contributed by atoms with E-state index in [0.717, 1.165) is 18.6 Å². The molecule has 4 atom stereocenters. The van der Waals surface area contributed by atoms with Crippen molar-refractivity contribution in [2.24, 2.45) is 22.2 Å². The summed E-state index contributed by atoms with van der Waals surface area (Å²) in [7, 11) is -2.11. The predicted octanol–water partition coefficient (Wildman–Crippen LogP) is 5.79. The van der Waals surface area contributed by atoms with E-state index in [4.69, 9.17) is 20.8 Å². The topological polar surface area (TPSA) is 65.0 Å². The molecule has 2 rings (SSSR count). The number of carbonyl (C=O) groups excluding carboxylic acids is 2. The van der Waals surface area contributed by atoms with Crippen LogP contribution < -0.4 is 0 Å². The van der Waals surface area contributed by atoms with Crippen LogP contribution in [0.15, 0.2) is 4.99 Å². The molecule has 0 saturated heterocycles. The summed E-state index contributed by atoms with van der Waals surface area (Å²) in [6.07, 6.45) is 2.37. The summed E-state index contributed by atoms with van der Waals surface area (Å²) in [6.45, 7) is 19.6. The normalized spacial score (nSPS) is 30.3. The zero-order valence-corrected chi connectivity index (χ0v) is 22.7. The van der Waals surface area contributed by atoms with Crippen LogP contribution >= 0.6 is 11.6 Å². The van der Waals surface area contributed by atoms with E-state index >= 15 is 0 Å². The monoisotopic (exact) mass is 471 g/mol. The van der Waals surface area contributed by atoms with Crippen LogP contribution in [0.2, 0.25) is 18.1 Å². The molecule has 0 spiro atoms. The van der Waals surface area contributed by atoms with Gasteiger partial charge in [-0.15, -0.1) is 11.6 Å². The maximum absolute atomic E-state index is 13.3. The minimum absolute atomic E-state index is 0.0320. The van der Waals surface area contributed by atoms with Crippen molar-refractivity contribution < 1.29 is 18.8 Å². The van der Waals surface area contributed by atoms with E-state index in [0.29, 0.717) is 19.4 Å². The summed E-state index contributed by atoms with van der Waals surface area (Å²) in [4.78, 5) is 29.1. The van der Waals surface area contributed by atoms with Gasteiger partial charge in [0.1, 0.15) is 4.87 Å². The van der Waals surface area contributed by atoms with Gasteiger partial charge in [-0.3, -0.25) is 14.6 Å². The van der Waals surface area contributed by atoms with E-state index < -0.39 is 18.6 Å². The molecule has 0 aromatic carbocycles. The first kappa shape index (κ1) is 26.5. The second kappa shape index (κ2) is 9.26. The quantitative estimate of drug-likeness (QED) is 0.279. The molecular formula is C24H42ClNO4Si. The second-order valence-electron chi connectivity index (χ2n) is 11.9. The molecule has 5 nitrogen and oxygen atoms in total. The van der Waals surface area contributed by atoms with E-state index in [1.807, 2.05) is 20.8 Å². The van der Waals surface area contributed by atoms with Crippen LogP contribution in [-0.4, -0.2) is 49.9 Å². The number of halogens is 1. The summed E-state index contributed by atoms with van der Waals surface area (Å²) in [5.74, 6) is -0.435. The fraction of sp³-hybridized carbons (Fsp3) is 0.875. The van der Waals surface area contributed by atoms with Crippen molar-refractivity contribution in [1.29, 1.82) is 0 Å². The number of carbonyl (C=O) groups is 2. The minimum Gasteiger partial charge on any atom is -0.465 e. The molecule has 1 unspecified atom stereocenters. The molecule has 1 fully saturated rings. The van der Waals surface area contributed by atoms with Crippen molar-refractivity contribution in [3.8, 4) is 0 Å². The summed E-state index contributed by atoms with van der Waals surface area (Å²) < 4.78 is 12.5. The molecule has 1 aliphatic carbocycles. The zero-order chi connectivity index (χ0) is 23.8. The molecule has 0 bridgehead atoms. The molecule has 2 aliphatic rings. The molecule has 0 aromatic heterocycles. The van der Waals surface area contributed by atoms with Gasteiger partial charge >= 0.3 is 5.97 Å². The van der Waals surface area contributed by atoms with Crippen molar-refractivity contribution in [1.82, 2.24) is 0 Å². The fourth-order valence-electron chi connectivity index (χ4n) is 4.17. The molecule has 1 saturated carbocycles. The highest BCUT2D eigenvalue weighted by Crippen LogP contribution is 2.48. The van der Waals surface area contributed by atoms with Crippen LogP contribution in [0.25, 0.3) is 0 Å². The van der Waals surface area contributed by atoms with Gasteiger partial charge in [0.2, 0.25) is 0 Å². The third kappa shape index (κ3) is 5.62. The van der Waals surface area contributed by atoms with Crippen LogP contribution in [0.4, 0.5) is 0 Å². The first-order valence-corrected chi connectivity index (χ1v) is 14.9. The molecule has 31 heavy (non-hydrogen) atoms. The van der Waals surface area contributed by atoms with Crippen molar-refractivity contribution in [2.75, 3.05) is 13.2 Å². The van der Waals surface area contributed by atoms with Crippen LogP contribution in [0.1, 0.15) is 74.1 Å². The fourth-order valence-corrected chi connectivity index (χ4v) is 6.07. The van der Waals surface area contributed by atoms with E-state index in [1.165, 1.54) is 0 Å². The number of hydrogen-bond donors (Lipinski definition) is 0. The Bertz CT molecular complexity index is 722. The first-order chi connectivity index (χ1) is 14.0. The predicted molar refractivity (Wildman–Crippen MR) is 129 cm³/mol. The lowest BCUT2D eigenvalue weighted by molar-refractivity contribution is -0.153.